The van der Waals surface area contributed by atoms with Gasteiger partial charge in [0.05, 0.1) is 5.75 Å². The van der Waals surface area contributed by atoms with Gasteiger partial charge in [0, 0.05) is 17.9 Å². The lowest BCUT2D eigenvalue weighted by Crippen LogP contribution is -2.26. The van der Waals surface area contributed by atoms with Crippen molar-refractivity contribution in [2.75, 3.05) is 12.3 Å². The van der Waals surface area contributed by atoms with E-state index < -0.39 is 5.97 Å². The van der Waals surface area contributed by atoms with E-state index in [1.165, 1.54) is 11.8 Å². The number of benzene rings is 1. The van der Waals surface area contributed by atoms with Gasteiger partial charge >= 0.3 is 5.97 Å². The third-order valence-electron chi connectivity index (χ3n) is 2.75. The second-order valence-electron chi connectivity index (χ2n) is 4.51. The van der Waals surface area contributed by atoms with E-state index in [9.17, 15) is 9.59 Å². The number of carbonyl (C=O) groups excluding carboxylic acids is 1. The van der Waals surface area contributed by atoms with Crippen LogP contribution < -0.4 is 5.32 Å². The minimum Gasteiger partial charge on any atom is -0.481 e. The maximum Gasteiger partial charge on any atom is 0.303 e. The molecule has 110 valence electrons. The van der Waals surface area contributed by atoms with Crippen LogP contribution in [-0.4, -0.2) is 29.3 Å². The molecule has 0 heterocycles. The first-order valence-electron chi connectivity index (χ1n) is 6.85. The predicted molar refractivity (Wildman–Crippen MR) is 80.9 cm³/mol. The highest BCUT2D eigenvalue weighted by Crippen LogP contribution is 2.16. The Hall–Kier alpha value is -1.49. The summed E-state index contributed by atoms with van der Waals surface area (Å²) in [6, 6.07) is 9.84. The molecule has 1 amide bonds. The van der Waals surface area contributed by atoms with E-state index in [-0.39, 0.29) is 12.3 Å². The van der Waals surface area contributed by atoms with Crippen LogP contribution in [0.15, 0.2) is 35.2 Å². The molecule has 2 N–H and O–H groups in total. The number of aliphatic carboxylic acids is 1. The van der Waals surface area contributed by atoms with Crippen molar-refractivity contribution < 1.29 is 14.7 Å². The number of carbonyl (C=O) groups is 2. The fourth-order valence-corrected chi connectivity index (χ4v) is 2.45. The maximum atomic E-state index is 11.6. The van der Waals surface area contributed by atoms with Gasteiger partial charge in [-0.3, -0.25) is 9.59 Å². The molecule has 5 heteroatoms. The zero-order valence-electron chi connectivity index (χ0n) is 11.5. The summed E-state index contributed by atoms with van der Waals surface area (Å²) in [6.45, 7) is 0.668. The lowest BCUT2D eigenvalue weighted by atomic mass is 10.1. The SMILES string of the molecule is O=C(O)CCCCCCNC(=O)CSc1ccccc1. The van der Waals surface area contributed by atoms with Gasteiger partial charge in [0.2, 0.25) is 5.91 Å². The van der Waals surface area contributed by atoms with Crippen molar-refractivity contribution in [1.82, 2.24) is 5.32 Å². The predicted octanol–water partition coefficient (Wildman–Crippen LogP) is 2.93. The molecule has 0 aliphatic rings. The molecular weight excluding hydrogens is 274 g/mol. The Morgan fingerprint density at radius 3 is 2.45 bits per heavy atom. The zero-order chi connectivity index (χ0) is 14.6. The van der Waals surface area contributed by atoms with Gasteiger partial charge in [-0.15, -0.1) is 11.8 Å². The van der Waals surface area contributed by atoms with Crippen LogP contribution >= 0.6 is 11.8 Å². The summed E-state index contributed by atoms with van der Waals surface area (Å²) in [5.41, 5.74) is 0. The quantitative estimate of drug-likeness (QED) is 0.514. The minimum absolute atomic E-state index is 0.0457. The van der Waals surface area contributed by atoms with Crippen molar-refractivity contribution in [3.63, 3.8) is 0 Å². The molecule has 0 saturated carbocycles. The smallest absolute Gasteiger partial charge is 0.303 e. The first-order chi connectivity index (χ1) is 9.68. The summed E-state index contributed by atoms with van der Waals surface area (Å²) in [6.07, 6.45) is 3.72. The van der Waals surface area contributed by atoms with Crippen molar-refractivity contribution in [2.45, 2.75) is 37.0 Å². The highest BCUT2D eigenvalue weighted by molar-refractivity contribution is 8.00. The molecule has 20 heavy (non-hydrogen) atoms. The van der Waals surface area contributed by atoms with Crippen molar-refractivity contribution in [1.29, 1.82) is 0 Å². The molecule has 0 aromatic heterocycles. The number of hydrogen-bond acceptors (Lipinski definition) is 3. The second-order valence-corrected chi connectivity index (χ2v) is 5.56. The highest BCUT2D eigenvalue weighted by atomic mass is 32.2. The number of hydrogen-bond donors (Lipinski definition) is 2. The zero-order valence-corrected chi connectivity index (χ0v) is 12.3. The lowest BCUT2D eigenvalue weighted by molar-refractivity contribution is -0.137. The normalized spacial score (nSPS) is 10.2. The van der Waals surface area contributed by atoms with Crippen LogP contribution in [0.3, 0.4) is 0 Å². The molecule has 0 saturated heterocycles. The monoisotopic (exact) mass is 295 g/mol. The van der Waals surface area contributed by atoms with E-state index >= 15 is 0 Å². The van der Waals surface area contributed by atoms with Gasteiger partial charge < -0.3 is 10.4 Å². The molecule has 1 aromatic carbocycles. The first-order valence-corrected chi connectivity index (χ1v) is 7.83. The average Bonchev–Trinajstić information content (AvgIpc) is 2.45. The largest absolute Gasteiger partial charge is 0.481 e. The number of rotatable bonds is 10. The fourth-order valence-electron chi connectivity index (χ4n) is 1.70. The molecule has 0 unspecified atom stereocenters. The molecule has 1 rings (SSSR count). The molecule has 0 radical (unpaired) electrons. The number of amides is 1. The van der Waals surface area contributed by atoms with Crippen LogP contribution in [0.5, 0.6) is 0 Å². The van der Waals surface area contributed by atoms with E-state index in [4.69, 9.17) is 5.11 Å². The molecule has 0 bridgehead atoms. The van der Waals surface area contributed by atoms with Gasteiger partial charge in [-0.25, -0.2) is 0 Å². The standard InChI is InChI=1S/C15H21NO3S/c17-14(12-20-13-8-4-3-5-9-13)16-11-7-2-1-6-10-15(18)19/h3-5,8-9H,1-2,6-7,10-12H2,(H,16,17)(H,18,19). The Bertz CT molecular complexity index is 409. The molecule has 4 nitrogen and oxygen atoms in total. The third-order valence-corrected chi connectivity index (χ3v) is 3.76. The summed E-state index contributed by atoms with van der Waals surface area (Å²) in [5, 5.41) is 11.4. The van der Waals surface area contributed by atoms with E-state index in [1.54, 1.807) is 0 Å². The van der Waals surface area contributed by atoms with Crippen molar-refractivity contribution in [2.24, 2.45) is 0 Å². The minimum atomic E-state index is -0.740. The summed E-state index contributed by atoms with van der Waals surface area (Å²) in [5.74, 6) is -0.260. The number of nitrogens with one attached hydrogen (secondary N) is 1. The van der Waals surface area contributed by atoms with E-state index in [0.717, 1.165) is 24.2 Å². The lowest BCUT2D eigenvalue weighted by Gasteiger charge is -2.05. The van der Waals surface area contributed by atoms with Crippen molar-refractivity contribution in [3.8, 4) is 0 Å². The molecule has 0 atom stereocenters. The Balaban J connectivity index is 1.96. The van der Waals surface area contributed by atoms with E-state index in [0.29, 0.717) is 18.7 Å². The van der Waals surface area contributed by atoms with Crippen LogP contribution in [0.1, 0.15) is 32.1 Å². The number of thioether (sulfide) groups is 1. The topological polar surface area (TPSA) is 66.4 Å². The van der Waals surface area contributed by atoms with Gasteiger partial charge in [0.25, 0.3) is 0 Å². The Morgan fingerprint density at radius 2 is 1.75 bits per heavy atom. The van der Waals surface area contributed by atoms with Crippen molar-refractivity contribution in [3.05, 3.63) is 30.3 Å². The van der Waals surface area contributed by atoms with Crippen LogP contribution in [0.2, 0.25) is 0 Å². The first kappa shape index (κ1) is 16.6. The van der Waals surface area contributed by atoms with Crippen LogP contribution in [-0.2, 0) is 9.59 Å². The molecule has 0 aliphatic heterocycles. The number of carboxylic acids is 1. The van der Waals surface area contributed by atoms with Crippen LogP contribution in [0.25, 0.3) is 0 Å². The number of carboxylic acid groups (broad SMARTS) is 1. The van der Waals surface area contributed by atoms with Crippen LogP contribution in [0.4, 0.5) is 0 Å². The van der Waals surface area contributed by atoms with Crippen LogP contribution in [0, 0.1) is 0 Å². The van der Waals surface area contributed by atoms with Gasteiger partial charge in [-0.05, 0) is 25.0 Å². The van der Waals surface area contributed by atoms with Gasteiger partial charge in [-0.1, -0.05) is 31.0 Å². The average molecular weight is 295 g/mol. The summed E-state index contributed by atoms with van der Waals surface area (Å²) in [4.78, 5) is 23.0. The van der Waals surface area contributed by atoms with Gasteiger partial charge in [-0.2, -0.15) is 0 Å². The molecule has 0 fully saturated rings. The van der Waals surface area contributed by atoms with Crippen molar-refractivity contribution >= 4 is 23.6 Å². The summed E-state index contributed by atoms with van der Waals surface area (Å²) < 4.78 is 0. The molecule has 0 aliphatic carbocycles. The Morgan fingerprint density at radius 1 is 1.05 bits per heavy atom. The summed E-state index contributed by atoms with van der Waals surface area (Å²) in [7, 11) is 0. The fraction of sp³-hybridized carbons (Fsp3) is 0.467. The molecule has 1 aromatic rings. The Kier molecular flexibility index (Phi) is 8.54. The van der Waals surface area contributed by atoms with E-state index in [1.807, 2.05) is 30.3 Å². The maximum absolute atomic E-state index is 11.6. The van der Waals surface area contributed by atoms with E-state index in [2.05, 4.69) is 5.32 Å². The molecule has 0 spiro atoms. The third kappa shape index (κ3) is 8.58. The number of unbranched alkanes of at least 4 members (excludes halogenated alkanes) is 3. The molecular formula is C15H21NO3S. The summed E-state index contributed by atoms with van der Waals surface area (Å²) >= 11 is 1.53. The van der Waals surface area contributed by atoms with Gasteiger partial charge in [0.1, 0.15) is 0 Å². The van der Waals surface area contributed by atoms with Gasteiger partial charge in [0.15, 0.2) is 0 Å². The highest BCUT2D eigenvalue weighted by Gasteiger charge is 2.02. The second kappa shape index (κ2) is 10.3. The Labute approximate surface area is 124 Å².